The Morgan fingerprint density at radius 3 is 2.56 bits per heavy atom. The van der Waals surface area contributed by atoms with Gasteiger partial charge in [-0.05, 0) is 66.2 Å². The van der Waals surface area contributed by atoms with Crippen molar-refractivity contribution < 1.29 is 22.7 Å². The minimum Gasteiger partial charge on any atom is -0.489 e. The maximum absolute atomic E-state index is 13.1. The summed E-state index contributed by atoms with van der Waals surface area (Å²) in [5.74, 6) is -0.138. The molecule has 4 nitrogen and oxygen atoms in total. The normalized spacial score (nSPS) is 12.6. The van der Waals surface area contributed by atoms with E-state index in [4.69, 9.17) is 4.74 Å². The van der Waals surface area contributed by atoms with Gasteiger partial charge in [0.15, 0.2) is 0 Å². The van der Waals surface area contributed by atoms with Gasteiger partial charge in [-0.1, -0.05) is 24.3 Å². The van der Waals surface area contributed by atoms with Gasteiger partial charge < -0.3 is 10.1 Å². The van der Waals surface area contributed by atoms with Crippen molar-refractivity contribution in [3.05, 3.63) is 87.6 Å². The van der Waals surface area contributed by atoms with Crippen LogP contribution >= 0.6 is 11.3 Å². The molecule has 1 unspecified atom stereocenters. The number of ether oxygens (including phenoxy) is 1. The third-order valence-corrected chi connectivity index (χ3v) is 5.48. The molecule has 170 valence electrons. The van der Waals surface area contributed by atoms with E-state index in [-0.39, 0.29) is 6.54 Å². The number of carbonyl (C=O) groups is 1. The number of thiophene rings is 1. The van der Waals surface area contributed by atoms with Crippen molar-refractivity contribution in [3.8, 4) is 5.75 Å². The first-order valence-electron chi connectivity index (χ1n) is 10.1. The number of nitrogens with zero attached hydrogens (tertiary/aromatic N) is 1. The summed E-state index contributed by atoms with van der Waals surface area (Å²) in [6, 6.07) is 14.5. The number of halogens is 3. The van der Waals surface area contributed by atoms with Gasteiger partial charge in [0.25, 0.3) is 5.91 Å². The first kappa shape index (κ1) is 23.8. The number of nitrogens with one attached hydrogen (secondary N) is 1. The van der Waals surface area contributed by atoms with E-state index >= 15 is 0 Å². The Bertz CT molecular complexity index is 1020. The molecular formula is C24H25F3N2O2S. The average molecular weight is 463 g/mol. The number of alkyl halides is 3. The second-order valence-corrected chi connectivity index (χ2v) is 8.41. The number of hydrogen-bond acceptors (Lipinski definition) is 4. The first-order chi connectivity index (χ1) is 15.2. The van der Waals surface area contributed by atoms with Crippen molar-refractivity contribution in [1.82, 2.24) is 10.2 Å². The van der Waals surface area contributed by atoms with E-state index in [0.29, 0.717) is 5.75 Å². The topological polar surface area (TPSA) is 41.6 Å². The molecule has 0 saturated carbocycles. The quantitative estimate of drug-likeness (QED) is 0.450. The standard InChI is InChI=1S/C24H25F3N2O2S/c1-17(13-28-23(30)21-8-3-4-9-22(21)24(25,26)27)31-20-7-5-6-18(12-20)14-29(2)15-19-10-11-32-16-19/h3-12,16-17H,13-15H2,1-2H3,(H,28,30). The summed E-state index contributed by atoms with van der Waals surface area (Å²) in [6.07, 6.45) is -5.01. The van der Waals surface area contributed by atoms with Gasteiger partial charge in [0.1, 0.15) is 11.9 Å². The molecular weight excluding hydrogens is 437 g/mol. The Balaban J connectivity index is 1.54. The summed E-state index contributed by atoms with van der Waals surface area (Å²) in [4.78, 5) is 14.5. The third-order valence-electron chi connectivity index (χ3n) is 4.75. The molecule has 1 heterocycles. The predicted molar refractivity (Wildman–Crippen MR) is 120 cm³/mol. The lowest BCUT2D eigenvalue weighted by molar-refractivity contribution is -0.137. The van der Waals surface area contributed by atoms with E-state index in [0.717, 1.165) is 24.7 Å². The molecule has 1 aromatic heterocycles. The Labute approximate surface area is 189 Å². The van der Waals surface area contributed by atoms with Gasteiger partial charge in [-0.2, -0.15) is 24.5 Å². The highest BCUT2D eigenvalue weighted by atomic mass is 32.1. The summed E-state index contributed by atoms with van der Waals surface area (Å²) in [7, 11) is 2.04. The van der Waals surface area contributed by atoms with Crippen LogP contribution in [0.1, 0.15) is 34.0 Å². The number of benzene rings is 2. The Hall–Kier alpha value is -2.84. The summed E-state index contributed by atoms with van der Waals surface area (Å²) >= 11 is 1.67. The van der Waals surface area contributed by atoms with Gasteiger partial charge in [-0.25, -0.2) is 0 Å². The molecule has 2 aromatic carbocycles. The zero-order chi connectivity index (χ0) is 23.1. The molecule has 0 bridgehead atoms. The molecule has 0 spiro atoms. The lowest BCUT2D eigenvalue weighted by atomic mass is 10.1. The first-order valence-corrected chi connectivity index (χ1v) is 11.1. The number of rotatable bonds is 9. The molecule has 32 heavy (non-hydrogen) atoms. The summed E-state index contributed by atoms with van der Waals surface area (Å²) in [5.41, 5.74) is 0.991. The van der Waals surface area contributed by atoms with Crippen LogP contribution in [0.2, 0.25) is 0 Å². The maximum atomic E-state index is 13.1. The van der Waals surface area contributed by atoms with Gasteiger partial charge >= 0.3 is 6.18 Å². The van der Waals surface area contributed by atoms with Gasteiger partial charge in [-0.3, -0.25) is 9.69 Å². The minimum absolute atomic E-state index is 0.0767. The van der Waals surface area contributed by atoms with E-state index in [1.807, 2.05) is 31.3 Å². The third kappa shape index (κ3) is 6.83. The molecule has 3 aromatic rings. The zero-order valence-electron chi connectivity index (χ0n) is 17.9. The van der Waals surface area contributed by atoms with Crippen LogP contribution in [0.15, 0.2) is 65.4 Å². The second kappa shape index (κ2) is 10.7. The highest BCUT2D eigenvalue weighted by molar-refractivity contribution is 7.07. The van der Waals surface area contributed by atoms with E-state index < -0.39 is 29.3 Å². The molecule has 0 fully saturated rings. The molecule has 0 aliphatic carbocycles. The van der Waals surface area contributed by atoms with Gasteiger partial charge in [0.05, 0.1) is 17.7 Å². The lowest BCUT2D eigenvalue weighted by Crippen LogP contribution is -2.34. The summed E-state index contributed by atoms with van der Waals surface area (Å²) < 4.78 is 45.2. The van der Waals surface area contributed by atoms with Crippen LogP contribution in [0.25, 0.3) is 0 Å². The van der Waals surface area contributed by atoms with Gasteiger partial charge in [-0.15, -0.1) is 0 Å². The molecule has 0 aliphatic heterocycles. The fraction of sp³-hybridized carbons (Fsp3) is 0.292. The predicted octanol–water partition coefficient (Wildman–Crippen LogP) is 5.60. The van der Waals surface area contributed by atoms with Gasteiger partial charge in [0.2, 0.25) is 0 Å². The molecule has 1 amide bonds. The number of carbonyl (C=O) groups excluding carboxylic acids is 1. The van der Waals surface area contributed by atoms with Crippen LogP contribution in [-0.4, -0.2) is 30.5 Å². The number of amides is 1. The molecule has 1 N–H and O–H groups in total. The van der Waals surface area contributed by atoms with Crippen LogP contribution < -0.4 is 10.1 Å². The van der Waals surface area contributed by atoms with Crippen LogP contribution in [0.5, 0.6) is 5.75 Å². The minimum atomic E-state index is -4.59. The fourth-order valence-electron chi connectivity index (χ4n) is 3.31. The maximum Gasteiger partial charge on any atom is 0.417 e. The van der Waals surface area contributed by atoms with Crippen LogP contribution in [0.3, 0.4) is 0 Å². The smallest absolute Gasteiger partial charge is 0.417 e. The van der Waals surface area contributed by atoms with E-state index in [1.165, 1.54) is 23.8 Å². The van der Waals surface area contributed by atoms with Gasteiger partial charge in [0, 0.05) is 13.1 Å². The van der Waals surface area contributed by atoms with Crippen LogP contribution in [0, 0.1) is 0 Å². The van der Waals surface area contributed by atoms with Crippen molar-refractivity contribution in [2.45, 2.75) is 32.3 Å². The summed E-state index contributed by atoms with van der Waals surface area (Å²) in [6.45, 7) is 3.42. The largest absolute Gasteiger partial charge is 0.489 e. The Morgan fingerprint density at radius 1 is 1.09 bits per heavy atom. The Kier molecular flexibility index (Phi) is 7.93. The molecule has 8 heteroatoms. The summed E-state index contributed by atoms with van der Waals surface area (Å²) in [5, 5.41) is 6.71. The zero-order valence-corrected chi connectivity index (χ0v) is 18.7. The molecule has 0 radical (unpaired) electrons. The van der Waals surface area contributed by atoms with E-state index in [1.54, 1.807) is 18.3 Å². The van der Waals surface area contributed by atoms with Crippen LogP contribution in [-0.2, 0) is 19.3 Å². The van der Waals surface area contributed by atoms with E-state index in [9.17, 15) is 18.0 Å². The van der Waals surface area contributed by atoms with Crippen molar-refractivity contribution in [2.75, 3.05) is 13.6 Å². The molecule has 1 atom stereocenters. The second-order valence-electron chi connectivity index (χ2n) is 7.63. The molecule has 0 saturated heterocycles. The average Bonchev–Trinajstić information content (AvgIpc) is 3.24. The fourth-order valence-corrected chi connectivity index (χ4v) is 3.97. The van der Waals surface area contributed by atoms with E-state index in [2.05, 4.69) is 27.0 Å². The highest BCUT2D eigenvalue weighted by Crippen LogP contribution is 2.31. The lowest BCUT2D eigenvalue weighted by Gasteiger charge is -2.19. The number of hydrogen-bond donors (Lipinski definition) is 1. The molecule has 3 rings (SSSR count). The van der Waals surface area contributed by atoms with Crippen LogP contribution in [0.4, 0.5) is 13.2 Å². The Morgan fingerprint density at radius 2 is 1.84 bits per heavy atom. The van der Waals surface area contributed by atoms with Crippen molar-refractivity contribution in [2.24, 2.45) is 0 Å². The van der Waals surface area contributed by atoms with Crippen molar-refractivity contribution >= 4 is 17.2 Å². The monoisotopic (exact) mass is 462 g/mol. The SMILES string of the molecule is CC(CNC(=O)c1ccccc1C(F)(F)F)Oc1cccc(CN(C)Cc2ccsc2)c1. The van der Waals surface area contributed by atoms with Crippen molar-refractivity contribution in [1.29, 1.82) is 0 Å². The molecule has 0 aliphatic rings. The highest BCUT2D eigenvalue weighted by Gasteiger charge is 2.34. The van der Waals surface area contributed by atoms with Crippen molar-refractivity contribution in [3.63, 3.8) is 0 Å².